The Labute approximate surface area is 36.2 Å². The van der Waals surface area contributed by atoms with Crippen molar-refractivity contribution in [1.82, 2.24) is 0 Å². The lowest BCUT2D eigenvalue weighted by Crippen LogP contribution is -1.96. The molecule has 1 radical (unpaired) electrons. The fourth-order valence-electron chi connectivity index (χ4n) is 0. The van der Waals surface area contributed by atoms with Crippen molar-refractivity contribution in [3.8, 4) is 0 Å². The molecule has 0 N–H and O–H groups in total. The molecule has 0 fully saturated rings. The third-order valence-corrected chi connectivity index (χ3v) is 0.436. The number of hydrogen-bond donors (Lipinski definition) is 0. The lowest BCUT2D eigenvalue weighted by atomic mass is 10.2. The van der Waals surface area contributed by atoms with Crippen molar-refractivity contribution < 1.29 is 8.78 Å². The summed E-state index contributed by atoms with van der Waals surface area (Å²) in [6, 6.07) is 0. The second kappa shape index (κ2) is 2.11. The molecule has 0 bridgehead atoms. The molecule has 0 saturated carbocycles. The van der Waals surface area contributed by atoms with Gasteiger partial charge in [-0.3, -0.25) is 0 Å². The molecule has 0 aromatic carbocycles. The summed E-state index contributed by atoms with van der Waals surface area (Å²) in [5, 5.41) is 0. The third kappa shape index (κ3) is 2.12. The highest BCUT2D eigenvalue weighted by atomic mass is 19.3. The van der Waals surface area contributed by atoms with Gasteiger partial charge in [0.1, 0.15) is 0 Å². The van der Waals surface area contributed by atoms with Crippen LogP contribution in [0.1, 0.15) is 13.8 Å². The van der Waals surface area contributed by atoms with Gasteiger partial charge in [0.25, 0.3) is 0 Å². The topological polar surface area (TPSA) is 0 Å². The zero-order valence-electron chi connectivity index (χ0n) is 3.83. The molecule has 0 nitrogen and oxygen atoms in total. The minimum absolute atomic E-state index is 0.176. The average Bonchev–Trinajstić information content (AvgIpc) is 1.36. The van der Waals surface area contributed by atoms with Gasteiger partial charge in [-0.25, -0.2) is 8.78 Å². The van der Waals surface area contributed by atoms with Crippen LogP contribution >= 0.6 is 0 Å². The Balaban J connectivity index is 2.99. The molecule has 0 unspecified atom stereocenters. The Morgan fingerprint density at radius 3 is 1.50 bits per heavy atom. The predicted molar refractivity (Wildman–Crippen MR) is 20.6 cm³/mol. The Morgan fingerprint density at radius 1 is 1.33 bits per heavy atom. The molecule has 0 aliphatic carbocycles. The highest BCUT2D eigenvalue weighted by Crippen LogP contribution is 2.07. The molecule has 0 aromatic rings. The van der Waals surface area contributed by atoms with Gasteiger partial charge in [-0.2, -0.15) is 0 Å². The van der Waals surface area contributed by atoms with E-state index in [0.717, 1.165) is 0 Å². The highest BCUT2D eigenvalue weighted by molar-refractivity contribution is 4.78. The van der Waals surface area contributed by atoms with Crippen molar-refractivity contribution in [2.24, 2.45) is 0 Å². The molecule has 0 heterocycles. The zero-order valence-corrected chi connectivity index (χ0v) is 3.83. The number of halogens is 2. The van der Waals surface area contributed by atoms with Crippen LogP contribution in [0.5, 0.6) is 0 Å². The van der Waals surface area contributed by atoms with Crippen LogP contribution in [0.3, 0.4) is 0 Å². The standard InChI is InChI=1S/C4H7F2/c1-3(2)4(5)6/h4H,1-2H3. The largest absolute Gasteiger partial charge is 0.244 e. The van der Waals surface area contributed by atoms with E-state index in [1.165, 1.54) is 13.8 Å². The van der Waals surface area contributed by atoms with Crippen LogP contribution in [0.4, 0.5) is 8.78 Å². The first-order chi connectivity index (χ1) is 2.64. The van der Waals surface area contributed by atoms with Crippen molar-refractivity contribution >= 4 is 0 Å². The third-order valence-electron chi connectivity index (χ3n) is 0.436. The van der Waals surface area contributed by atoms with Crippen molar-refractivity contribution in [3.63, 3.8) is 0 Å². The minimum atomic E-state index is -2.23. The van der Waals surface area contributed by atoms with Gasteiger partial charge in [0.2, 0.25) is 6.43 Å². The predicted octanol–water partition coefficient (Wildman–Crippen LogP) is 1.87. The summed E-state index contributed by atoms with van der Waals surface area (Å²) >= 11 is 0. The Bertz CT molecular complexity index is 26.5. The first kappa shape index (κ1) is 5.86. The maximum Gasteiger partial charge on any atom is 0.244 e. The number of rotatable bonds is 1. The smallest absolute Gasteiger partial charge is 0.210 e. The van der Waals surface area contributed by atoms with Crippen molar-refractivity contribution in [2.45, 2.75) is 20.3 Å². The molecule has 0 aromatic heterocycles. The SMILES string of the molecule is C[C](C)C(F)F. The summed E-state index contributed by atoms with van der Waals surface area (Å²) in [5.41, 5.74) is 0. The van der Waals surface area contributed by atoms with Crippen molar-refractivity contribution in [1.29, 1.82) is 0 Å². The monoisotopic (exact) mass is 93.1 g/mol. The van der Waals surface area contributed by atoms with Crippen LogP contribution < -0.4 is 0 Å². The van der Waals surface area contributed by atoms with Gasteiger partial charge in [-0.15, -0.1) is 0 Å². The molecule has 37 valence electrons. The molecule has 2 heteroatoms. The Morgan fingerprint density at radius 2 is 1.50 bits per heavy atom. The fraction of sp³-hybridized carbons (Fsp3) is 0.750. The molecule has 0 spiro atoms. The van der Waals surface area contributed by atoms with E-state index in [-0.39, 0.29) is 5.92 Å². The van der Waals surface area contributed by atoms with E-state index in [9.17, 15) is 8.78 Å². The molecule has 0 rings (SSSR count). The molecule has 0 amide bonds. The fourth-order valence-corrected chi connectivity index (χ4v) is 0. The summed E-state index contributed by atoms with van der Waals surface area (Å²) in [4.78, 5) is 0. The van der Waals surface area contributed by atoms with Crippen LogP contribution in [0, 0.1) is 5.92 Å². The van der Waals surface area contributed by atoms with Gasteiger partial charge in [0, 0.05) is 5.92 Å². The first-order valence-corrected chi connectivity index (χ1v) is 1.73. The van der Waals surface area contributed by atoms with E-state index < -0.39 is 6.43 Å². The Hall–Kier alpha value is -0.140. The van der Waals surface area contributed by atoms with Crippen LogP contribution in [-0.4, -0.2) is 6.43 Å². The molecule has 0 aliphatic rings. The van der Waals surface area contributed by atoms with Gasteiger partial charge in [-0.05, 0) is 0 Å². The van der Waals surface area contributed by atoms with E-state index in [1.54, 1.807) is 0 Å². The molecule has 0 saturated heterocycles. The molecule has 0 atom stereocenters. The first-order valence-electron chi connectivity index (χ1n) is 1.73. The maximum absolute atomic E-state index is 11.1. The van der Waals surface area contributed by atoms with Crippen LogP contribution in [0.2, 0.25) is 0 Å². The lowest BCUT2D eigenvalue weighted by Gasteiger charge is -1.96. The summed E-state index contributed by atoms with van der Waals surface area (Å²) in [7, 11) is 0. The quantitative estimate of drug-likeness (QED) is 0.464. The second-order valence-electron chi connectivity index (χ2n) is 1.38. The summed E-state index contributed by atoms with van der Waals surface area (Å²) < 4.78 is 22.2. The highest BCUT2D eigenvalue weighted by Gasteiger charge is 2.06. The summed E-state index contributed by atoms with van der Waals surface area (Å²) in [5.74, 6) is 0.176. The molecular weight excluding hydrogens is 86.0 g/mol. The van der Waals surface area contributed by atoms with Crippen LogP contribution in [0.25, 0.3) is 0 Å². The number of alkyl halides is 2. The van der Waals surface area contributed by atoms with E-state index in [2.05, 4.69) is 0 Å². The molecule has 0 aliphatic heterocycles. The van der Waals surface area contributed by atoms with Gasteiger partial charge in [-0.1, -0.05) is 13.8 Å². The van der Waals surface area contributed by atoms with Crippen molar-refractivity contribution in [2.75, 3.05) is 0 Å². The lowest BCUT2D eigenvalue weighted by molar-refractivity contribution is 0.165. The summed E-state index contributed by atoms with van der Waals surface area (Å²) in [6.07, 6.45) is -2.23. The van der Waals surface area contributed by atoms with Gasteiger partial charge < -0.3 is 0 Å². The van der Waals surface area contributed by atoms with Gasteiger partial charge in [0.05, 0.1) is 0 Å². The zero-order chi connectivity index (χ0) is 5.15. The van der Waals surface area contributed by atoms with Crippen LogP contribution in [0.15, 0.2) is 0 Å². The van der Waals surface area contributed by atoms with E-state index in [0.29, 0.717) is 0 Å². The second-order valence-corrected chi connectivity index (χ2v) is 1.38. The number of hydrogen-bond acceptors (Lipinski definition) is 0. The minimum Gasteiger partial charge on any atom is -0.210 e. The average molecular weight is 93.1 g/mol. The van der Waals surface area contributed by atoms with E-state index in [1.807, 2.05) is 0 Å². The Kier molecular flexibility index (Phi) is 2.06. The van der Waals surface area contributed by atoms with Gasteiger partial charge in [0.15, 0.2) is 0 Å². The molecule has 6 heavy (non-hydrogen) atoms. The summed E-state index contributed by atoms with van der Waals surface area (Å²) in [6.45, 7) is 2.81. The van der Waals surface area contributed by atoms with Crippen LogP contribution in [-0.2, 0) is 0 Å². The normalized spacial score (nSPS) is 11.0. The molecular formula is C4H7F2. The maximum atomic E-state index is 11.1. The van der Waals surface area contributed by atoms with Crippen molar-refractivity contribution in [3.05, 3.63) is 5.92 Å². The van der Waals surface area contributed by atoms with E-state index >= 15 is 0 Å². The van der Waals surface area contributed by atoms with Gasteiger partial charge >= 0.3 is 0 Å². The van der Waals surface area contributed by atoms with E-state index in [4.69, 9.17) is 0 Å².